The van der Waals surface area contributed by atoms with Gasteiger partial charge in [0.25, 0.3) is 0 Å². The van der Waals surface area contributed by atoms with Crippen molar-refractivity contribution in [3.8, 4) is 39.6 Å². The Morgan fingerprint density at radius 1 is 0.615 bits per heavy atom. The summed E-state index contributed by atoms with van der Waals surface area (Å²) in [6, 6.07) is 50.7. The number of ether oxygens (including phenoxy) is 1. The molecule has 7 aromatic carbocycles. The van der Waals surface area contributed by atoms with E-state index in [1.54, 1.807) is 0 Å². The van der Waals surface area contributed by atoms with Crippen LogP contribution in [-0.4, -0.2) is 16.2 Å². The van der Waals surface area contributed by atoms with E-state index in [0.29, 0.717) is 18.0 Å². The van der Waals surface area contributed by atoms with Crippen LogP contribution >= 0.6 is 0 Å². The van der Waals surface area contributed by atoms with Crippen LogP contribution in [0, 0.1) is 18.6 Å². The van der Waals surface area contributed by atoms with Crippen LogP contribution in [0.5, 0.6) is 11.5 Å². The van der Waals surface area contributed by atoms with E-state index < -0.39 is 11.6 Å². The number of para-hydroxylation sites is 3. The zero-order valence-corrected chi connectivity index (χ0v) is 37.7. The second-order valence-corrected chi connectivity index (χ2v) is 17.8. The summed E-state index contributed by atoms with van der Waals surface area (Å²) in [7, 11) is 0. The monoisotopic (exact) mass is 858 g/mol. The molecule has 0 bridgehead atoms. The lowest BCUT2D eigenvalue weighted by Gasteiger charge is -2.30. The van der Waals surface area contributed by atoms with Gasteiger partial charge in [-0.2, -0.15) is 0 Å². The SMILES string of the molecule is CCCc1ccnc(-n2c3ccccc3c3ccc(Oc4cc(-c5ccccc5C)cc(N5CN(c6c(C(C)C)cc(-c7c(F)cccc7F)cc6C(C)C)c6ccccc65)c4)cc32)c1. The molecule has 324 valence electrons. The van der Waals surface area contributed by atoms with Crippen LogP contribution in [0.15, 0.2) is 158 Å². The van der Waals surface area contributed by atoms with Crippen LogP contribution < -0.4 is 14.5 Å². The molecule has 9 aromatic rings. The summed E-state index contributed by atoms with van der Waals surface area (Å²) >= 11 is 0. The molecule has 0 saturated carbocycles. The average molecular weight is 859 g/mol. The van der Waals surface area contributed by atoms with Gasteiger partial charge in [-0.1, -0.05) is 102 Å². The molecule has 7 heteroatoms. The maximum Gasteiger partial charge on any atom is 0.137 e. The topological polar surface area (TPSA) is 33.5 Å². The summed E-state index contributed by atoms with van der Waals surface area (Å²) < 4.78 is 39.9. The first-order chi connectivity index (χ1) is 31.6. The Morgan fingerprint density at radius 2 is 1.29 bits per heavy atom. The smallest absolute Gasteiger partial charge is 0.137 e. The number of benzene rings is 7. The summed E-state index contributed by atoms with van der Waals surface area (Å²) in [5.41, 5.74) is 13.5. The quantitative estimate of drug-likeness (QED) is 0.130. The number of nitrogens with zero attached hydrogens (tertiary/aromatic N) is 4. The molecule has 65 heavy (non-hydrogen) atoms. The normalized spacial score (nSPS) is 12.6. The van der Waals surface area contributed by atoms with E-state index in [1.165, 1.54) is 23.8 Å². The molecule has 0 atom stereocenters. The highest BCUT2D eigenvalue weighted by molar-refractivity contribution is 6.09. The molecule has 0 N–H and O–H groups in total. The average Bonchev–Trinajstić information content (AvgIpc) is 3.85. The molecule has 0 fully saturated rings. The minimum atomic E-state index is -0.567. The van der Waals surface area contributed by atoms with Crippen LogP contribution in [0.1, 0.15) is 75.1 Å². The second-order valence-electron chi connectivity index (χ2n) is 17.8. The number of aromatic nitrogens is 2. The molecule has 1 aliphatic heterocycles. The Bertz CT molecular complexity index is 3210. The highest BCUT2D eigenvalue weighted by atomic mass is 19.1. The van der Waals surface area contributed by atoms with Crippen LogP contribution in [0.2, 0.25) is 0 Å². The predicted molar refractivity (Wildman–Crippen MR) is 265 cm³/mol. The molecule has 0 spiro atoms. The van der Waals surface area contributed by atoms with Crippen LogP contribution in [-0.2, 0) is 6.42 Å². The van der Waals surface area contributed by atoms with Gasteiger partial charge in [-0.25, -0.2) is 13.8 Å². The Labute approximate surface area is 380 Å². The van der Waals surface area contributed by atoms with E-state index in [0.717, 1.165) is 96.8 Å². The fourth-order valence-electron chi connectivity index (χ4n) is 9.69. The van der Waals surface area contributed by atoms with Crippen molar-refractivity contribution in [2.24, 2.45) is 0 Å². The molecule has 10 rings (SSSR count). The molecule has 0 aliphatic carbocycles. The van der Waals surface area contributed by atoms with Crippen molar-refractivity contribution in [1.29, 1.82) is 0 Å². The number of aryl methyl sites for hydroxylation is 2. The highest BCUT2D eigenvalue weighted by Gasteiger charge is 2.33. The molecular weight excluding hydrogens is 807 g/mol. The Hall–Kier alpha value is -7.25. The van der Waals surface area contributed by atoms with Gasteiger partial charge in [0.05, 0.1) is 28.0 Å². The van der Waals surface area contributed by atoms with Crippen molar-refractivity contribution in [2.75, 3.05) is 16.5 Å². The predicted octanol–water partition coefficient (Wildman–Crippen LogP) is 16.3. The molecule has 3 heterocycles. The van der Waals surface area contributed by atoms with E-state index in [2.05, 4.69) is 177 Å². The lowest BCUT2D eigenvalue weighted by atomic mass is 9.87. The van der Waals surface area contributed by atoms with Crippen molar-refractivity contribution in [1.82, 2.24) is 9.55 Å². The van der Waals surface area contributed by atoms with E-state index in [1.807, 2.05) is 18.3 Å². The molecule has 0 unspecified atom stereocenters. The molecule has 0 radical (unpaired) electrons. The van der Waals surface area contributed by atoms with Gasteiger partial charge in [0.15, 0.2) is 0 Å². The number of hydrogen-bond acceptors (Lipinski definition) is 4. The maximum absolute atomic E-state index is 15.4. The number of halogens is 2. The number of hydrogen-bond donors (Lipinski definition) is 0. The summed E-state index contributed by atoms with van der Waals surface area (Å²) in [6.07, 6.45) is 3.96. The van der Waals surface area contributed by atoms with Crippen LogP contribution in [0.3, 0.4) is 0 Å². The molecule has 1 aliphatic rings. The lowest BCUT2D eigenvalue weighted by Crippen LogP contribution is -2.26. The number of rotatable bonds is 11. The zero-order valence-electron chi connectivity index (χ0n) is 37.7. The third-order valence-corrected chi connectivity index (χ3v) is 12.8. The highest BCUT2D eigenvalue weighted by Crippen LogP contribution is 2.51. The number of pyridine rings is 1. The first-order valence-corrected chi connectivity index (χ1v) is 22.7. The second kappa shape index (κ2) is 17.0. The fraction of sp³-hybridized carbons (Fsp3) is 0.190. The Balaban J connectivity index is 1.10. The zero-order chi connectivity index (χ0) is 44.9. The van der Waals surface area contributed by atoms with Gasteiger partial charge < -0.3 is 14.5 Å². The Kier molecular flexibility index (Phi) is 10.9. The third kappa shape index (κ3) is 7.59. The first kappa shape index (κ1) is 41.7. The van der Waals surface area contributed by atoms with Gasteiger partial charge in [-0.05, 0) is 143 Å². The summed E-state index contributed by atoms with van der Waals surface area (Å²) in [6.45, 7) is 13.5. The third-order valence-electron chi connectivity index (χ3n) is 12.8. The summed E-state index contributed by atoms with van der Waals surface area (Å²) in [5.74, 6) is 1.31. The van der Waals surface area contributed by atoms with Gasteiger partial charge in [0, 0.05) is 40.5 Å². The van der Waals surface area contributed by atoms with Gasteiger partial charge in [-0.3, -0.25) is 4.57 Å². The molecule has 5 nitrogen and oxygen atoms in total. The van der Waals surface area contributed by atoms with Crippen molar-refractivity contribution < 1.29 is 13.5 Å². The van der Waals surface area contributed by atoms with E-state index in [-0.39, 0.29) is 17.4 Å². The van der Waals surface area contributed by atoms with E-state index in [4.69, 9.17) is 9.72 Å². The van der Waals surface area contributed by atoms with Gasteiger partial charge in [0.1, 0.15) is 35.6 Å². The maximum atomic E-state index is 15.4. The summed E-state index contributed by atoms with van der Waals surface area (Å²) in [4.78, 5) is 9.59. The van der Waals surface area contributed by atoms with E-state index in [9.17, 15) is 0 Å². The standard InChI is InChI=1S/C58H52F2N4O/c1-7-15-39-26-27-61-56(28-39)64-52-21-11-10-18-46(52)47-25-24-43(34-55(47)64)65-44-30-40(45-17-9-8-16-38(45)6)29-42(33-44)62-35-63(54-23-13-12-22-53(54)62)58-48(36(2)3)31-41(32-49(58)37(4)5)57-50(59)19-14-20-51(57)60/h8-14,16-34,36-37H,7,15,35H2,1-6H3. The van der Waals surface area contributed by atoms with Crippen LogP contribution in [0.4, 0.5) is 31.5 Å². The van der Waals surface area contributed by atoms with Gasteiger partial charge in [0.2, 0.25) is 0 Å². The van der Waals surface area contributed by atoms with Crippen LogP contribution in [0.25, 0.3) is 49.9 Å². The van der Waals surface area contributed by atoms with Crippen molar-refractivity contribution >= 4 is 44.6 Å². The molecular formula is C58H52F2N4O. The minimum absolute atomic E-state index is 0.00492. The van der Waals surface area contributed by atoms with Crippen molar-refractivity contribution in [3.05, 3.63) is 192 Å². The number of fused-ring (bicyclic) bond motifs is 4. The number of anilines is 4. The van der Waals surface area contributed by atoms with Crippen molar-refractivity contribution in [3.63, 3.8) is 0 Å². The largest absolute Gasteiger partial charge is 0.457 e. The minimum Gasteiger partial charge on any atom is -0.457 e. The van der Waals surface area contributed by atoms with Gasteiger partial charge in [-0.15, -0.1) is 0 Å². The summed E-state index contributed by atoms with van der Waals surface area (Å²) in [5, 5.41) is 2.29. The van der Waals surface area contributed by atoms with Crippen molar-refractivity contribution in [2.45, 2.75) is 66.2 Å². The lowest BCUT2D eigenvalue weighted by molar-refractivity contribution is 0.483. The molecule has 2 aromatic heterocycles. The van der Waals surface area contributed by atoms with Gasteiger partial charge >= 0.3 is 0 Å². The molecule has 0 amide bonds. The van der Waals surface area contributed by atoms with E-state index >= 15 is 8.78 Å². The molecule has 0 saturated heterocycles. The fourth-order valence-corrected chi connectivity index (χ4v) is 9.69. The first-order valence-electron chi connectivity index (χ1n) is 22.7. The Morgan fingerprint density at radius 3 is 2.02 bits per heavy atom.